The van der Waals surface area contributed by atoms with Crippen molar-refractivity contribution in [3.63, 3.8) is 0 Å². The van der Waals surface area contributed by atoms with Crippen LogP contribution in [0.4, 0.5) is 0 Å². The Hall–Kier alpha value is -2.33. The van der Waals surface area contributed by atoms with E-state index >= 15 is 0 Å². The third-order valence-electron chi connectivity index (χ3n) is 5.38. The summed E-state index contributed by atoms with van der Waals surface area (Å²) in [6.45, 7) is 1.99. The van der Waals surface area contributed by atoms with Crippen molar-refractivity contribution in [2.24, 2.45) is 11.7 Å². The zero-order valence-corrected chi connectivity index (χ0v) is 17.8. The Morgan fingerprint density at radius 1 is 1.37 bits per heavy atom. The molecule has 1 aliphatic heterocycles. The lowest BCUT2D eigenvalue weighted by atomic mass is 9.94. The van der Waals surface area contributed by atoms with Crippen LogP contribution in [0.1, 0.15) is 36.2 Å². The van der Waals surface area contributed by atoms with E-state index in [0.29, 0.717) is 31.3 Å². The summed E-state index contributed by atoms with van der Waals surface area (Å²) in [4.78, 5) is 15.5. The van der Waals surface area contributed by atoms with E-state index in [9.17, 15) is 4.79 Å². The Kier molecular flexibility index (Phi) is 6.73. The number of primary amides is 1. The van der Waals surface area contributed by atoms with Gasteiger partial charge in [0.15, 0.2) is 12.1 Å². The first-order valence-corrected chi connectivity index (χ1v) is 10.9. The molecule has 0 spiro atoms. The molecule has 3 N–H and O–H groups in total. The number of hydrogen-bond donors (Lipinski definition) is 2. The standard InChI is InChI=1S/C21H27N5O3S/c1-28-20-11-14(13-26-9-7-15-4-2-3-5-16(15)26)10-17(29-20)21-24-19(30-25-21)12-23-8-6-18(22)27/h2-5,7,9,14,17,20,23H,6,8,10-13H2,1H3,(H2,22,27). The van der Waals surface area contributed by atoms with E-state index in [1.807, 2.05) is 0 Å². The van der Waals surface area contributed by atoms with Gasteiger partial charge in [-0.2, -0.15) is 4.37 Å². The molecule has 30 heavy (non-hydrogen) atoms. The first-order chi connectivity index (χ1) is 14.6. The van der Waals surface area contributed by atoms with E-state index in [-0.39, 0.29) is 18.3 Å². The number of ether oxygens (including phenoxy) is 2. The molecule has 3 atom stereocenters. The van der Waals surface area contributed by atoms with Crippen LogP contribution in [0.25, 0.3) is 10.9 Å². The predicted molar refractivity (Wildman–Crippen MR) is 115 cm³/mol. The number of carbonyl (C=O) groups is 1. The number of nitrogens with one attached hydrogen (secondary N) is 1. The van der Waals surface area contributed by atoms with Gasteiger partial charge in [0.2, 0.25) is 5.91 Å². The Morgan fingerprint density at radius 3 is 3.07 bits per heavy atom. The second-order valence-electron chi connectivity index (χ2n) is 7.59. The molecule has 4 rings (SSSR count). The van der Waals surface area contributed by atoms with Crippen molar-refractivity contribution in [3.05, 3.63) is 47.4 Å². The average molecular weight is 430 g/mol. The van der Waals surface area contributed by atoms with Crippen LogP contribution in [0.2, 0.25) is 0 Å². The second kappa shape index (κ2) is 9.65. The summed E-state index contributed by atoms with van der Waals surface area (Å²) < 4.78 is 18.5. The maximum absolute atomic E-state index is 10.8. The lowest BCUT2D eigenvalue weighted by molar-refractivity contribution is -0.198. The third kappa shape index (κ3) is 5.04. The molecule has 0 bridgehead atoms. The fraction of sp³-hybridized carbons (Fsp3) is 0.476. The summed E-state index contributed by atoms with van der Waals surface area (Å²) in [5.74, 6) is 0.782. The Morgan fingerprint density at radius 2 is 2.23 bits per heavy atom. The molecule has 160 valence electrons. The van der Waals surface area contributed by atoms with Crippen molar-refractivity contribution in [1.29, 1.82) is 0 Å². The number of hydrogen-bond acceptors (Lipinski definition) is 7. The van der Waals surface area contributed by atoms with Crippen LogP contribution in [0.15, 0.2) is 36.5 Å². The first kappa shape index (κ1) is 20.9. The zero-order chi connectivity index (χ0) is 20.9. The van der Waals surface area contributed by atoms with Crippen molar-refractivity contribution in [1.82, 2.24) is 19.2 Å². The van der Waals surface area contributed by atoms with E-state index in [2.05, 4.69) is 55.8 Å². The molecule has 1 aromatic carbocycles. The van der Waals surface area contributed by atoms with E-state index in [1.54, 1.807) is 7.11 Å². The van der Waals surface area contributed by atoms with E-state index in [0.717, 1.165) is 24.4 Å². The van der Waals surface area contributed by atoms with Crippen molar-refractivity contribution in [2.45, 2.75) is 44.7 Å². The summed E-state index contributed by atoms with van der Waals surface area (Å²) >= 11 is 1.35. The molecule has 0 saturated carbocycles. The number of methoxy groups -OCH3 is 1. The molecule has 3 aromatic rings. The number of fused-ring (bicyclic) bond motifs is 1. The Bertz CT molecular complexity index is 988. The molecule has 1 amide bonds. The third-order valence-corrected chi connectivity index (χ3v) is 6.11. The van der Waals surface area contributed by atoms with Gasteiger partial charge in [-0.15, -0.1) is 0 Å². The summed E-state index contributed by atoms with van der Waals surface area (Å²) in [7, 11) is 1.68. The van der Waals surface area contributed by atoms with Crippen LogP contribution in [0.3, 0.4) is 0 Å². The minimum atomic E-state index is -0.317. The quantitative estimate of drug-likeness (QED) is 0.507. The lowest BCUT2D eigenvalue weighted by Gasteiger charge is -2.33. The van der Waals surface area contributed by atoms with E-state index in [4.69, 9.17) is 15.2 Å². The highest BCUT2D eigenvalue weighted by atomic mass is 32.1. The van der Waals surface area contributed by atoms with Crippen molar-refractivity contribution in [3.8, 4) is 0 Å². The number of carbonyl (C=O) groups excluding carboxylic acids is 1. The molecule has 3 unspecified atom stereocenters. The Labute approximate surface area is 179 Å². The van der Waals surface area contributed by atoms with Crippen LogP contribution < -0.4 is 11.1 Å². The monoisotopic (exact) mass is 429 g/mol. The summed E-state index contributed by atoms with van der Waals surface area (Å²) in [6.07, 6.45) is 3.68. The largest absolute Gasteiger partial charge is 0.370 e. The highest BCUT2D eigenvalue weighted by Crippen LogP contribution is 2.36. The fourth-order valence-corrected chi connectivity index (χ4v) is 4.55. The molecular formula is C21H27N5O3S. The molecule has 3 heterocycles. The highest BCUT2D eigenvalue weighted by Gasteiger charge is 2.33. The second-order valence-corrected chi connectivity index (χ2v) is 8.43. The summed E-state index contributed by atoms with van der Waals surface area (Å²) in [5, 5.41) is 5.28. The normalized spacial score (nSPS) is 21.8. The maximum Gasteiger partial charge on any atom is 0.218 e. The SMILES string of the molecule is COC1CC(Cn2ccc3ccccc32)CC(c2nsc(CNCCC(N)=O)n2)O1. The average Bonchev–Trinajstić information content (AvgIpc) is 3.38. The van der Waals surface area contributed by atoms with Crippen molar-refractivity contribution in [2.75, 3.05) is 13.7 Å². The molecule has 2 aromatic heterocycles. The Balaban J connectivity index is 1.41. The van der Waals surface area contributed by atoms with Crippen LogP contribution >= 0.6 is 11.5 Å². The molecule has 1 saturated heterocycles. The smallest absolute Gasteiger partial charge is 0.218 e. The van der Waals surface area contributed by atoms with Gasteiger partial charge >= 0.3 is 0 Å². The summed E-state index contributed by atoms with van der Waals surface area (Å²) in [6, 6.07) is 10.6. The van der Waals surface area contributed by atoms with Gasteiger partial charge in [-0.1, -0.05) is 18.2 Å². The van der Waals surface area contributed by atoms with Crippen LogP contribution in [-0.4, -0.2) is 39.8 Å². The van der Waals surface area contributed by atoms with Gasteiger partial charge < -0.3 is 25.1 Å². The van der Waals surface area contributed by atoms with E-state index < -0.39 is 0 Å². The first-order valence-electron chi connectivity index (χ1n) is 10.2. The molecule has 8 nitrogen and oxygen atoms in total. The zero-order valence-electron chi connectivity index (χ0n) is 17.0. The number of benzene rings is 1. The number of aromatic nitrogens is 3. The topological polar surface area (TPSA) is 104 Å². The maximum atomic E-state index is 10.8. The summed E-state index contributed by atoms with van der Waals surface area (Å²) in [5.41, 5.74) is 6.40. The minimum Gasteiger partial charge on any atom is -0.370 e. The van der Waals surface area contributed by atoms with Crippen LogP contribution in [0, 0.1) is 5.92 Å². The van der Waals surface area contributed by atoms with E-state index in [1.165, 1.54) is 22.4 Å². The molecule has 1 aliphatic rings. The van der Waals surface area contributed by atoms with Crippen LogP contribution in [-0.2, 0) is 27.4 Å². The fourth-order valence-electron chi connectivity index (χ4n) is 3.89. The van der Waals surface area contributed by atoms with Gasteiger partial charge in [0.1, 0.15) is 11.1 Å². The minimum absolute atomic E-state index is 0.189. The van der Waals surface area contributed by atoms with Crippen LogP contribution in [0.5, 0.6) is 0 Å². The molecule has 0 radical (unpaired) electrons. The van der Waals surface area contributed by atoms with Gasteiger partial charge in [0.25, 0.3) is 0 Å². The van der Waals surface area contributed by atoms with Gasteiger partial charge in [0, 0.05) is 51.3 Å². The number of amides is 1. The molecule has 0 aliphatic carbocycles. The highest BCUT2D eigenvalue weighted by molar-refractivity contribution is 7.05. The van der Waals surface area contributed by atoms with Gasteiger partial charge in [-0.05, 0) is 41.4 Å². The van der Waals surface area contributed by atoms with Gasteiger partial charge in [-0.3, -0.25) is 4.79 Å². The van der Waals surface area contributed by atoms with Gasteiger partial charge in [0.05, 0.1) is 0 Å². The number of rotatable bonds is 9. The molecule has 9 heteroatoms. The predicted octanol–water partition coefficient (Wildman–Crippen LogP) is 2.60. The van der Waals surface area contributed by atoms with Gasteiger partial charge in [-0.25, -0.2) is 4.98 Å². The lowest BCUT2D eigenvalue weighted by Crippen LogP contribution is -2.32. The molecular weight excluding hydrogens is 402 g/mol. The van der Waals surface area contributed by atoms with Crippen molar-refractivity contribution >= 4 is 28.3 Å². The van der Waals surface area contributed by atoms with Crippen molar-refractivity contribution < 1.29 is 14.3 Å². The number of para-hydroxylation sites is 1. The molecule has 1 fully saturated rings. The number of nitrogens with two attached hydrogens (primary N) is 1. The number of nitrogens with zero attached hydrogens (tertiary/aromatic N) is 3.